The first-order valence-corrected chi connectivity index (χ1v) is 6.87. The lowest BCUT2D eigenvalue weighted by Gasteiger charge is -2.39. The Balaban J connectivity index is 2.30. The first-order chi connectivity index (χ1) is 8.11. The van der Waals surface area contributed by atoms with Crippen LogP contribution >= 0.6 is 15.9 Å². The Kier molecular flexibility index (Phi) is 3.73. The molecule has 0 spiro atoms. The van der Waals surface area contributed by atoms with Gasteiger partial charge in [-0.1, -0.05) is 6.92 Å². The summed E-state index contributed by atoms with van der Waals surface area (Å²) >= 11 is 3.58. The van der Waals surface area contributed by atoms with Gasteiger partial charge in [-0.05, 0) is 59.8 Å². The number of hydrogen-bond donors (Lipinski definition) is 0. The van der Waals surface area contributed by atoms with Crippen molar-refractivity contribution >= 4 is 21.6 Å². The fourth-order valence-corrected chi connectivity index (χ4v) is 3.04. The van der Waals surface area contributed by atoms with Gasteiger partial charge in [-0.15, -0.1) is 0 Å². The van der Waals surface area contributed by atoms with Crippen molar-refractivity contribution in [1.82, 2.24) is 0 Å². The minimum absolute atomic E-state index is 0.579. The summed E-state index contributed by atoms with van der Waals surface area (Å²) in [6.07, 6.45) is 2.55. The number of rotatable bonds is 1. The molecule has 0 aromatic heterocycles. The van der Waals surface area contributed by atoms with Crippen molar-refractivity contribution in [3.63, 3.8) is 0 Å². The molecule has 0 aliphatic carbocycles. The third-order valence-electron chi connectivity index (χ3n) is 3.50. The minimum atomic E-state index is 0.579. The van der Waals surface area contributed by atoms with Gasteiger partial charge in [0.25, 0.3) is 0 Å². The Morgan fingerprint density at radius 3 is 2.76 bits per heavy atom. The van der Waals surface area contributed by atoms with Crippen LogP contribution in [0.4, 0.5) is 5.69 Å². The zero-order chi connectivity index (χ0) is 12.4. The summed E-state index contributed by atoms with van der Waals surface area (Å²) in [6.45, 7) is 5.68. The molecule has 1 aliphatic rings. The van der Waals surface area contributed by atoms with Crippen LogP contribution in [0.25, 0.3) is 0 Å². The van der Waals surface area contributed by atoms with E-state index in [0.717, 1.165) is 16.9 Å². The second kappa shape index (κ2) is 5.10. The Hall–Kier alpha value is -1.01. The van der Waals surface area contributed by atoms with E-state index in [2.05, 4.69) is 46.8 Å². The average molecular weight is 293 g/mol. The topological polar surface area (TPSA) is 27.0 Å². The summed E-state index contributed by atoms with van der Waals surface area (Å²) in [7, 11) is 0. The van der Waals surface area contributed by atoms with Crippen LogP contribution in [0, 0.1) is 17.2 Å². The van der Waals surface area contributed by atoms with Crippen LogP contribution in [0.5, 0.6) is 0 Å². The number of nitriles is 1. The van der Waals surface area contributed by atoms with Crippen LogP contribution in [0.1, 0.15) is 32.3 Å². The zero-order valence-electron chi connectivity index (χ0n) is 10.3. The lowest BCUT2D eigenvalue weighted by molar-refractivity contribution is 0.390. The van der Waals surface area contributed by atoms with Gasteiger partial charge in [0.05, 0.1) is 17.3 Å². The Labute approximate surface area is 111 Å². The van der Waals surface area contributed by atoms with Gasteiger partial charge in [0, 0.05) is 17.1 Å². The molecule has 1 aliphatic heterocycles. The van der Waals surface area contributed by atoms with E-state index in [1.807, 2.05) is 12.1 Å². The molecule has 1 heterocycles. The first kappa shape index (κ1) is 12.4. The highest BCUT2D eigenvalue weighted by atomic mass is 79.9. The van der Waals surface area contributed by atoms with Gasteiger partial charge >= 0.3 is 0 Å². The molecule has 0 N–H and O–H groups in total. The first-order valence-electron chi connectivity index (χ1n) is 6.08. The monoisotopic (exact) mass is 292 g/mol. The maximum Gasteiger partial charge on any atom is 0.0992 e. The normalized spacial score (nSPS) is 24.5. The minimum Gasteiger partial charge on any atom is -0.368 e. The van der Waals surface area contributed by atoms with Crippen LogP contribution in [0.15, 0.2) is 22.7 Å². The second-order valence-electron chi connectivity index (χ2n) is 4.96. The quantitative estimate of drug-likeness (QED) is 0.784. The molecule has 2 atom stereocenters. The Bertz CT molecular complexity index is 450. The number of nitrogens with zero attached hydrogens (tertiary/aromatic N) is 2. The fourth-order valence-electron chi connectivity index (χ4n) is 2.43. The van der Waals surface area contributed by atoms with Gasteiger partial charge in [0.2, 0.25) is 0 Å². The largest absolute Gasteiger partial charge is 0.368 e. The van der Waals surface area contributed by atoms with E-state index < -0.39 is 0 Å². The zero-order valence-corrected chi connectivity index (χ0v) is 11.9. The van der Waals surface area contributed by atoms with Crippen LogP contribution in [-0.4, -0.2) is 12.6 Å². The average Bonchev–Trinajstić information content (AvgIpc) is 2.32. The molecule has 1 fully saturated rings. The lowest BCUT2D eigenvalue weighted by atomic mass is 9.94. The van der Waals surface area contributed by atoms with Gasteiger partial charge in [-0.2, -0.15) is 5.26 Å². The maximum atomic E-state index is 8.87. The summed E-state index contributed by atoms with van der Waals surface area (Å²) in [5.41, 5.74) is 1.92. The molecule has 0 saturated carbocycles. The molecule has 90 valence electrons. The molecule has 2 nitrogen and oxygen atoms in total. The van der Waals surface area contributed by atoms with E-state index in [-0.39, 0.29) is 0 Å². The van der Waals surface area contributed by atoms with Gasteiger partial charge in [-0.3, -0.25) is 0 Å². The van der Waals surface area contributed by atoms with Crippen molar-refractivity contribution in [3.05, 3.63) is 28.2 Å². The van der Waals surface area contributed by atoms with E-state index in [1.54, 1.807) is 0 Å². The van der Waals surface area contributed by atoms with Crippen molar-refractivity contribution in [2.75, 3.05) is 11.4 Å². The number of halogens is 1. The Morgan fingerprint density at radius 1 is 1.35 bits per heavy atom. The third-order valence-corrected chi connectivity index (χ3v) is 4.14. The fraction of sp³-hybridized carbons (Fsp3) is 0.500. The highest BCUT2D eigenvalue weighted by molar-refractivity contribution is 9.10. The van der Waals surface area contributed by atoms with Gasteiger partial charge in [0.1, 0.15) is 0 Å². The highest BCUT2D eigenvalue weighted by Crippen LogP contribution is 2.33. The molecule has 3 heteroatoms. The van der Waals surface area contributed by atoms with Crippen molar-refractivity contribution in [2.24, 2.45) is 5.92 Å². The molecule has 2 unspecified atom stereocenters. The predicted molar refractivity (Wildman–Crippen MR) is 74.1 cm³/mol. The summed E-state index contributed by atoms with van der Waals surface area (Å²) in [6, 6.07) is 8.60. The number of hydrogen-bond acceptors (Lipinski definition) is 2. The molecule has 0 amide bonds. The third kappa shape index (κ3) is 2.63. The van der Waals surface area contributed by atoms with E-state index >= 15 is 0 Å². The van der Waals surface area contributed by atoms with E-state index in [4.69, 9.17) is 5.26 Å². The second-order valence-corrected chi connectivity index (χ2v) is 5.82. The molecular weight excluding hydrogens is 276 g/mol. The number of piperidine rings is 1. The number of benzene rings is 1. The van der Waals surface area contributed by atoms with Crippen molar-refractivity contribution in [3.8, 4) is 6.07 Å². The molecule has 2 rings (SSSR count). The van der Waals surface area contributed by atoms with E-state index in [0.29, 0.717) is 11.6 Å². The van der Waals surface area contributed by atoms with Crippen molar-refractivity contribution in [1.29, 1.82) is 5.26 Å². The van der Waals surface area contributed by atoms with Crippen LogP contribution in [-0.2, 0) is 0 Å². The van der Waals surface area contributed by atoms with Gasteiger partial charge < -0.3 is 4.90 Å². The smallest absolute Gasteiger partial charge is 0.0992 e. The summed E-state index contributed by atoms with van der Waals surface area (Å²) in [4.78, 5) is 2.44. The van der Waals surface area contributed by atoms with Gasteiger partial charge in [-0.25, -0.2) is 0 Å². The standard InChI is InChI=1S/C14H17BrN2/c1-10-3-4-11(2)17(9-10)14-6-5-12(8-16)7-13(14)15/h5-7,10-11H,3-4,9H2,1-2H3. The lowest BCUT2D eigenvalue weighted by Crippen LogP contribution is -2.41. The molecule has 17 heavy (non-hydrogen) atoms. The van der Waals surface area contributed by atoms with Crippen molar-refractivity contribution < 1.29 is 0 Å². The van der Waals surface area contributed by atoms with Crippen LogP contribution < -0.4 is 4.90 Å². The van der Waals surface area contributed by atoms with Gasteiger partial charge in [0.15, 0.2) is 0 Å². The van der Waals surface area contributed by atoms with Crippen molar-refractivity contribution in [2.45, 2.75) is 32.7 Å². The number of anilines is 1. The predicted octanol–water partition coefficient (Wildman–Crippen LogP) is 3.95. The molecule has 0 bridgehead atoms. The molecule has 0 radical (unpaired) electrons. The SMILES string of the molecule is CC1CCC(C)N(c2ccc(C#N)cc2Br)C1. The molecular formula is C14H17BrN2. The molecule has 1 aromatic rings. The Morgan fingerprint density at radius 2 is 2.12 bits per heavy atom. The van der Waals surface area contributed by atoms with Crippen LogP contribution in [0.3, 0.4) is 0 Å². The summed E-state index contributed by atoms with van der Waals surface area (Å²) in [5.74, 6) is 0.744. The van der Waals surface area contributed by atoms with Crippen LogP contribution in [0.2, 0.25) is 0 Å². The molecule has 1 saturated heterocycles. The van der Waals surface area contributed by atoms with E-state index in [1.165, 1.54) is 18.5 Å². The summed E-state index contributed by atoms with van der Waals surface area (Å²) in [5, 5.41) is 8.87. The molecule has 1 aromatic carbocycles. The summed E-state index contributed by atoms with van der Waals surface area (Å²) < 4.78 is 1.03. The highest BCUT2D eigenvalue weighted by Gasteiger charge is 2.24. The maximum absolute atomic E-state index is 8.87. The van der Waals surface area contributed by atoms with E-state index in [9.17, 15) is 0 Å².